The van der Waals surface area contributed by atoms with Crippen LogP contribution in [0.4, 0.5) is 5.69 Å². The number of nitrogen functional groups attached to an aromatic ring is 1. The van der Waals surface area contributed by atoms with E-state index in [4.69, 9.17) is 17.3 Å². The van der Waals surface area contributed by atoms with E-state index >= 15 is 0 Å². The molecule has 0 radical (unpaired) electrons. The van der Waals surface area contributed by atoms with Crippen molar-refractivity contribution >= 4 is 17.3 Å². The number of hydrogen-bond acceptors (Lipinski definition) is 4. The first-order valence-electron chi connectivity index (χ1n) is 4.58. The third kappa shape index (κ3) is 2.04. The van der Waals surface area contributed by atoms with Crippen molar-refractivity contribution < 1.29 is 0 Å². The second kappa shape index (κ2) is 4.32. The first-order chi connectivity index (χ1) is 7.68. The van der Waals surface area contributed by atoms with Gasteiger partial charge >= 0.3 is 0 Å². The molecule has 0 aliphatic carbocycles. The van der Waals surface area contributed by atoms with Crippen LogP contribution in [0.25, 0.3) is 0 Å². The van der Waals surface area contributed by atoms with Gasteiger partial charge in [-0.05, 0) is 11.6 Å². The highest BCUT2D eigenvalue weighted by Gasteiger charge is 2.06. The van der Waals surface area contributed by atoms with Crippen LogP contribution >= 0.6 is 11.6 Å². The smallest absolute Gasteiger partial charge is 0.278 e. The number of anilines is 1. The van der Waals surface area contributed by atoms with Crippen LogP contribution in [0.5, 0.6) is 0 Å². The summed E-state index contributed by atoms with van der Waals surface area (Å²) >= 11 is 5.63. The van der Waals surface area contributed by atoms with E-state index in [1.54, 1.807) is 18.5 Å². The molecule has 0 fully saturated rings. The Kier molecular flexibility index (Phi) is 2.87. The lowest BCUT2D eigenvalue weighted by Crippen LogP contribution is -2.24. The highest BCUT2D eigenvalue weighted by molar-refractivity contribution is 6.31. The molecule has 0 aliphatic heterocycles. The molecule has 6 heteroatoms. The van der Waals surface area contributed by atoms with Gasteiger partial charge in [-0.2, -0.15) is 0 Å². The fourth-order valence-electron chi connectivity index (χ4n) is 1.29. The topological polar surface area (TPSA) is 73.8 Å². The first kappa shape index (κ1) is 10.6. The average molecular weight is 237 g/mol. The molecule has 2 aromatic heterocycles. The van der Waals surface area contributed by atoms with E-state index in [9.17, 15) is 4.79 Å². The van der Waals surface area contributed by atoms with Crippen molar-refractivity contribution in [3.63, 3.8) is 0 Å². The van der Waals surface area contributed by atoms with Crippen molar-refractivity contribution in [1.82, 2.24) is 14.5 Å². The number of hydrogen-bond donors (Lipinski definition) is 1. The number of aromatic nitrogens is 3. The van der Waals surface area contributed by atoms with E-state index in [0.717, 1.165) is 5.56 Å². The van der Waals surface area contributed by atoms with Crippen LogP contribution in [0.3, 0.4) is 0 Å². The van der Waals surface area contributed by atoms with Crippen LogP contribution in [0.15, 0.2) is 35.6 Å². The lowest BCUT2D eigenvalue weighted by molar-refractivity contribution is 0.737. The van der Waals surface area contributed by atoms with Crippen molar-refractivity contribution in [2.24, 2.45) is 0 Å². The summed E-state index contributed by atoms with van der Waals surface area (Å²) in [5.41, 5.74) is 6.01. The Bertz CT molecular complexity index is 552. The molecule has 2 aromatic rings. The Morgan fingerprint density at radius 1 is 1.50 bits per heavy atom. The molecule has 0 spiro atoms. The zero-order valence-corrected chi connectivity index (χ0v) is 9.05. The molecule has 16 heavy (non-hydrogen) atoms. The van der Waals surface area contributed by atoms with Crippen molar-refractivity contribution in [2.75, 3.05) is 5.73 Å². The van der Waals surface area contributed by atoms with Gasteiger partial charge in [-0.1, -0.05) is 17.7 Å². The van der Waals surface area contributed by atoms with Crippen LogP contribution in [0.2, 0.25) is 5.15 Å². The lowest BCUT2D eigenvalue weighted by Gasteiger charge is -2.06. The van der Waals surface area contributed by atoms with Crippen LogP contribution in [-0.2, 0) is 6.54 Å². The van der Waals surface area contributed by atoms with E-state index in [1.807, 2.05) is 6.07 Å². The van der Waals surface area contributed by atoms with Gasteiger partial charge in [0, 0.05) is 12.4 Å². The van der Waals surface area contributed by atoms with E-state index < -0.39 is 0 Å². The molecule has 0 atom stereocenters. The van der Waals surface area contributed by atoms with Crippen molar-refractivity contribution in [3.8, 4) is 0 Å². The van der Waals surface area contributed by atoms with Crippen LogP contribution in [0, 0.1) is 0 Å². The van der Waals surface area contributed by atoms with E-state index in [0.29, 0.717) is 6.54 Å². The predicted octanol–water partition coefficient (Wildman–Crippen LogP) is 0.922. The molecule has 2 rings (SSSR count). The number of halogens is 1. The molecule has 0 aliphatic rings. The maximum Gasteiger partial charge on any atom is 0.278 e. The van der Waals surface area contributed by atoms with Gasteiger partial charge in [0.25, 0.3) is 5.56 Å². The minimum absolute atomic E-state index is 0.0342. The third-order valence-corrected chi connectivity index (χ3v) is 2.40. The quantitative estimate of drug-likeness (QED) is 0.787. The fraction of sp³-hybridized carbons (Fsp3) is 0.100. The Hall–Kier alpha value is -1.88. The summed E-state index contributed by atoms with van der Waals surface area (Å²) < 4.78 is 1.39. The summed E-state index contributed by atoms with van der Waals surface area (Å²) in [7, 11) is 0. The minimum Gasteiger partial charge on any atom is -0.392 e. The van der Waals surface area contributed by atoms with Gasteiger partial charge in [0.2, 0.25) is 0 Å². The highest BCUT2D eigenvalue weighted by atomic mass is 35.5. The molecule has 0 aromatic carbocycles. The Labute approximate surface area is 96.5 Å². The molecular weight excluding hydrogens is 228 g/mol. The van der Waals surface area contributed by atoms with Gasteiger partial charge in [-0.3, -0.25) is 14.3 Å². The molecule has 0 amide bonds. The van der Waals surface area contributed by atoms with Crippen LogP contribution in [0.1, 0.15) is 5.56 Å². The van der Waals surface area contributed by atoms with Gasteiger partial charge < -0.3 is 5.73 Å². The zero-order chi connectivity index (χ0) is 11.5. The van der Waals surface area contributed by atoms with E-state index in [-0.39, 0.29) is 16.4 Å². The summed E-state index contributed by atoms with van der Waals surface area (Å²) in [4.78, 5) is 19.5. The maximum atomic E-state index is 11.7. The van der Waals surface area contributed by atoms with Crippen LogP contribution < -0.4 is 11.3 Å². The maximum absolute atomic E-state index is 11.7. The van der Waals surface area contributed by atoms with Gasteiger partial charge in [0.15, 0.2) is 5.15 Å². The molecular formula is C10H9ClN4O. The minimum atomic E-state index is -0.344. The SMILES string of the molecule is Nc1c(Cl)ncn(Cc2cccnc2)c1=O. The second-order valence-electron chi connectivity index (χ2n) is 3.24. The van der Waals surface area contributed by atoms with Gasteiger partial charge in [-0.25, -0.2) is 4.98 Å². The molecule has 0 bridgehead atoms. The number of nitrogens with zero attached hydrogens (tertiary/aromatic N) is 3. The first-order valence-corrected chi connectivity index (χ1v) is 4.95. The monoisotopic (exact) mass is 236 g/mol. The summed E-state index contributed by atoms with van der Waals surface area (Å²) in [5, 5.41) is 0.0347. The standard InChI is InChI=1S/C10H9ClN4O/c11-9-8(12)10(16)15(6-14-9)5-7-2-1-3-13-4-7/h1-4,6H,5,12H2. The van der Waals surface area contributed by atoms with E-state index in [2.05, 4.69) is 9.97 Å². The molecule has 0 saturated carbocycles. The normalized spacial score (nSPS) is 10.3. The molecule has 0 unspecified atom stereocenters. The summed E-state index contributed by atoms with van der Waals surface area (Å²) in [5.74, 6) is 0. The Morgan fingerprint density at radius 3 is 3.00 bits per heavy atom. The average Bonchev–Trinajstić information content (AvgIpc) is 2.31. The molecule has 5 nitrogen and oxygen atoms in total. The molecule has 82 valence electrons. The molecule has 0 saturated heterocycles. The second-order valence-corrected chi connectivity index (χ2v) is 3.60. The summed E-state index contributed by atoms with van der Waals surface area (Å²) in [6.45, 7) is 0.376. The van der Waals surface area contributed by atoms with Crippen molar-refractivity contribution in [1.29, 1.82) is 0 Å². The lowest BCUT2D eigenvalue weighted by atomic mass is 10.3. The number of pyridine rings is 1. The fourth-order valence-corrected chi connectivity index (χ4v) is 1.41. The van der Waals surface area contributed by atoms with Gasteiger partial charge in [-0.15, -0.1) is 0 Å². The Balaban J connectivity index is 2.37. The highest BCUT2D eigenvalue weighted by Crippen LogP contribution is 2.08. The molecule has 2 N–H and O–H groups in total. The summed E-state index contributed by atoms with van der Waals surface area (Å²) in [6, 6.07) is 3.66. The predicted molar refractivity (Wildman–Crippen MR) is 61.3 cm³/mol. The van der Waals surface area contributed by atoms with Crippen molar-refractivity contribution in [2.45, 2.75) is 6.54 Å². The third-order valence-electron chi connectivity index (χ3n) is 2.10. The summed E-state index contributed by atoms with van der Waals surface area (Å²) in [6.07, 6.45) is 4.71. The molecule has 2 heterocycles. The van der Waals surface area contributed by atoms with Gasteiger partial charge in [0.1, 0.15) is 5.69 Å². The van der Waals surface area contributed by atoms with Crippen molar-refractivity contribution in [3.05, 3.63) is 51.9 Å². The van der Waals surface area contributed by atoms with Crippen LogP contribution in [-0.4, -0.2) is 14.5 Å². The Morgan fingerprint density at radius 2 is 2.31 bits per heavy atom. The van der Waals surface area contributed by atoms with E-state index in [1.165, 1.54) is 10.9 Å². The largest absolute Gasteiger partial charge is 0.392 e. The van der Waals surface area contributed by atoms with Gasteiger partial charge in [0.05, 0.1) is 12.9 Å². The zero-order valence-electron chi connectivity index (χ0n) is 8.30. The number of rotatable bonds is 2. The number of nitrogens with two attached hydrogens (primary N) is 1.